The normalized spacial score (nSPS) is 12.7. The Bertz CT molecular complexity index is 884. The molecule has 1 atom stereocenters. The third kappa shape index (κ3) is 5.23. The van der Waals surface area contributed by atoms with Crippen molar-refractivity contribution >= 4 is 73.0 Å². The summed E-state index contributed by atoms with van der Waals surface area (Å²) >= 11 is 14.6. The summed E-state index contributed by atoms with van der Waals surface area (Å²) in [5.41, 5.74) is 0.217. The van der Waals surface area contributed by atoms with E-state index in [1.807, 2.05) is 6.26 Å². The van der Waals surface area contributed by atoms with Gasteiger partial charge in [0.25, 0.3) is 0 Å². The summed E-state index contributed by atoms with van der Waals surface area (Å²) in [4.78, 5) is 12.7. The first-order valence-corrected chi connectivity index (χ1v) is 11.9. The molecule has 26 heavy (non-hydrogen) atoms. The summed E-state index contributed by atoms with van der Waals surface area (Å²) in [5.74, 6) is -0.516. The lowest BCUT2D eigenvalue weighted by atomic mass is 10.2. The molecule has 1 N–H and O–H groups in total. The SMILES string of the molecule is CCC(C(=O)Nc1nnc(SC)s1)N(c1cc(Cl)cc(Cl)c1)S(C)(=O)=O. The largest absolute Gasteiger partial charge is 0.299 e. The first kappa shape index (κ1) is 21.2. The van der Waals surface area contributed by atoms with E-state index >= 15 is 0 Å². The second-order valence-electron chi connectivity index (χ2n) is 5.18. The number of hydrogen-bond donors (Lipinski definition) is 1. The Balaban J connectivity index is 2.39. The summed E-state index contributed by atoms with van der Waals surface area (Å²) in [5, 5.41) is 11.2. The topological polar surface area (TPSA) is 92.3 Å². The molecule has 0 spiro atoms. The van der Waals surface area contributed by atoms with Crippen molar-refractivity contribution in [1.29, 1.82) is 0 Å². The molecule has 2 aromatic rings. The highest BCUT2D eigenvalue weighted by Crippen LogP contribution is 2.30. The molecule has 7 nitrogen and oxygen atoms in total. The van der Waals surface area contributed by atoms with Crippen LogP contribution in [0.25, 0.3) is 0 Å². The van der Waals surface area contributed by atoms with Gasteiger partial charge in [0.1, 0.15) is 6.04 Å². The molecule has 0 bridgehead atoms. The number of thioether (sulfide) groups is 1. The van der Waals surface area contributed by atoms with E-state index in [0.717, 1.165) is 10.6 Å². The Labute approximate surface area is 170 Å². The van der Waals surface area contributed by atoms with Crippen LogP contribution in [0, 0.1) is 0 Å². The number of carbonyl (C=O) groups excluding carboxylic acids is 1. The second-order valence-corrected chi connectivity index (χ2v) is 9.94. The molecule has 1 amide bonds. The van der Waals surface area contributed by atoms with Gasteiger partial charge in [0, 0.05) is 10.0 Å². The number of anilines is 2. The van der Waals surface area contributed by atoms with Gasteiger partial charge in [0.05, 0.1) is 11.9 Å². The molecule has 2 rings (SSSR count). The van der Waals surface area contributed by atoms with E-state index in [1.165, 1.54) is 41.3 Å². The maximum Gasteiger partial charge on any atom is 0.250 e. The van der Waals surface area contributed by atoms with Gasteiger partial charge in [-0.15, -0.1) is 10.2 Å². The lowest BCUT2D eigenvalue weighted by molar-refractivity contribution is -0.117. The lowest BCUT2D eigenvalue weighted by Gasteiger charge is -2.30. The third-order valence-corrected chi connectivity index (χ3v) is 6.67. The van der Waals surface area contributed by atoms with Crippen molar-refractivity contribution in [3.8, 4) is 0 Å². The summed E-state index contributed by atoms with van der Waals surface area (Å²) in [6.07, 6.45) is 3.10. The van der Waals surface area contributed by atoms with E-state index < -0.39 is 22.0 Å². The van der Waals surface area contributed by atoms with Crippen LogP contribution in [0.4, 0.5) is 10.8 Å². The maximum atomic E-state index is 12.7. The predicted octanol–water partition coefficient (Wildman–Crippen LogP) is 3.75. The number of amides is 1. The Hall–Kier alpha value is -1.07. The molecule has 0 radical (unpaired) electrons. The van der Waals surface area contributed by atoms with E-state index in [4.69, 9.17) is 23.2 Å². The molecule has 1 unspecified atom stereocenters. The second kappa shape index (κ2) is 8.75. The zero-order valence-corrected chi connectivity index (χ0v) is 18.0. The van der Waals surface area contributed by atoms with Gasteiger partial charge >= 0.3 is 0 Å². The Morgan fingerprint density at radius 3 is 2.38 bits per heavy atom. The van der Waals surface area contributed by atoms with E-state index in [9.17, 15) is 13.2 Å². The van der Waals surface area contributed by atoms with Crippen LogP contribution in [0.1, 0.15) is 13.3 Å². The van der Waals surface area contributed by atoms with Gasteiger partial charge < -0.3 is 0 Å². The van der Waals surface area contributed by atoms with Gasteiger partial charge in [-0.2, -0.15) is 0 Å². The number of carbonyl (C=O) groups is 1. The molecule has 0 fully saturated rings. The van der Waals surface area contributed by atoms with Crippen molar-refractivity contribution < 1.29 is 13.2 Å². The highest BCUT2D eigenvalue weighted by Gasteiger charge is 2.32. The minimum absolute atomic E-state index is 0.217. The molecular weight excluding hydrogens is 439 g/mol. The van der Waals surface area contributed by atoms with E-state index in [1.54, 1.807) is 6.92 Å². The number of benzene rings is 1. The molecule has 0 aliphatic rings. The average Bonchev–Trinajstić information content (AvgIpc) is 2.97. The number of sulfonamides is 1. The van der Waals surface area contributed by atoms with E-state index in [-0.39, 0.29) is 22.2 Å². The number of rotatable bonds is 7. The van der Waals surface area contributed by atoms with Gasteiger partial charge in [0.2, 0.25) is 21.1 Å². The smallest absolute Gasteiger partial charge is 0.250 e. The summed E-state index contributed by atoms with van der Waals surface area (Å²) < 4.78 is 26.5. The van der Waals surface area contributed by atoms with Crippen molar-refractivity contribution in [1.82, 2.24) is 10.2 Å². The van der Waals surface area contributed by atoms with Crippen molar-refractivity contribution in [3.63, 3.8) is 0 Å². The molecule has 1 heterocycles. The molecule has 0 aliphatic heterocycles. The maximum absolute atomic E-state index is 12.7. The van der Waals surface area contributed by atoms with E-state index in [2.05, 4.69) is 15.5 Å². The molecule has 1 aromatic carbocycles. The van der Waals surface area contributed by atoms with Crippen molar-refractivity contribution in [2.24, 2.45) is 0 Å². The fraction of sp³-hybridized carbons (Fsp3) is 0.357. The minimum Gasteiger partial charge on any atom is -0.299 e. The fourth-order valence-corrected chi connectivity index (χ4v) is 5.14. The van der Waals surface area contributed by atoms with Crippen LogP contribution in [-0.4, -0.2) is 43.1 Å². The van der Waals surface area contributed by atoms with Crippen LogP contribution in [0.5, 0.6) is 0 Å². The number of hydrogen-bond acceptors (Lipinski definition) is 7. The van der Waals surface area contributed by atoms with Gasteiger partial charge in [-0.25, -0.2) is 8.42 Å². The monoisotopic (exact) mass is 454 g/mol. The summed E-state index contributed by atoms with van der Waals surface area (Å²) in [6.45, 7) is 1.71. The minimum atomic E-state index is -3.78. The molecule has 0 aliphatic carbocycles. The van der Waals surface area contributed by atoms with Gasteiger partial charge in [-0.1, -0.05) is 53.2 Å². The molecule has 0 saturated carbocycles. The van der Waals surface area contributed by atoms with Crippen LogP contribution >= 0.6 is 46.3 Å². The van der Waals surface area contributed by atoms with Crippen LogP contribution in [0.3, 0.4) is 0 Å². The van der Waals surface area contributed by atoms with E-state index in [0.29, 0.717) is 9.47 Å². The highest BCUT2D eigenvalue weighted by molar-refractivity contribution is 8.00. The van der Waals surface area contributed by atoms with Crippen LogP contribution in [0.15, 0.2) is 22.5 Å². The summed E-state index contributed by atoms with van der Waals surface area (Å²) in [6, 6.07) is 3.38. The number of nitrogens with one attached hydrogen (secondary N) is 1. The number of nitrogens with zero attached hydrogens (tertiary/aromatic N) is 3. The molecular formula is C14H16Cl2N4O3S3. The van der Waals surface area contributed by atoms with Crippen LogP contribution in [0.2, 0.25) is 10.0 Å². The fourth-order valence-electron chi connectivity index (χ4n) is 2.26. The Kier molecular flexibility index (Phi) is 7.14. The molecule has 1 aromatic heterocycles. The lowest BCUT2D eigenvalue weighted by Crippen LogP contribution is -2.47. The zero-order valence-electron chi connectivity index (χ0n) is 14.1. The van der Waals surface area contributed by atoms with Crippen molar-refractivity contribution in [2.45, 2.75) is 23.7 Å². The predicted molar refractivity (Wildman–Crippen MR) is 108 cm³/mol. The molecule has 142 valence electrons. The van der Waals surface area contributed by atoms with Crippen molar-refractivity contribution in [3.05, 3.63) is 28.2 Å². The van der Waals surface area contributed by atoms with Crippen LogP contribution in [-0.2, 0) is 14.8 Å². The zero-order chi connectivity index (χ0) is 19.5. The average molecular weight is 455 g/mol. The number of halogens is 2. The van der Waals surface area contributed by atoms with Crippen LogP contribution < -0.4 is 9.62 Å². The van der Waals surface area contributed by atoms with Gasteiger partial charge in [0.15, 0.2) is 4.34 Å². The van der Waals surface area contributed by atoms with Gasteiger partial charge in [-0.3, -0.25) is 14.4 Å². The molecule has 12 heteroatoms. The van der Waals surface area contributed by atoms with Gasteiger partial charge in [-0.05, 0) is 30.9 Å². The third-order valence-electron chi connectivity index (χ3n) is 3.24. The van der Waals surface area contributed by atoms with Crippen molar-refractivity contribution in [2.75, 3.05) is 22.1 Å². The Morgan fingerprint density at radius 2 is 1.92 bits per heavy atom. The Morgan fingerprint density at radius 1 is 1.31 bits per heavy atom. The standard InChI is InChI=1S/C14H16Cl2N4O3S3/c1-4-11(12(21)17-13-18-19-14(24-2)25-13)20(26(3,22)23)10-6-8(15)5-9(16)7-10/h5-7,11H,4H2,1-3H3,(H,17,18,21). The first-order chi connectivity index (χ1) is 12.2. The molecule has 0 saturated heterocycles. The number of aromatic nitrogens is 2. The summed E-state index contributed by atoms with van der Waals surface area (Å²) in [7, 11) is -3.78. The first-order valence-electron chi connectivity index (χ1n) is 7.29. The quantitative estimate of drug-likeness (QED) is 0.505. The highest BCUT2D eigenvalue weighted by atomic mass is 35.5.